The zero-order valence-corrected chi connectivity index (χ0v) is 13.9. The van der Waals surface area contributed by atoms with Crippen LogP contribution in [0.5, 0.6) is 5.75 Å². The molecule has 0 atom stereocenters. The highest BCUT2D eigenvalue weighted by Crippen LogP contribution is 2.25. The Morgan fingerprint density at radius 1 is 1.12 bits per heavy atom. The van der Waals surface area contributed by atoms with Crippen molar-refractivity contribution in [2.45, 2.75) is 32.1 Å². The minimum absolute atomic E-state index is 0.116. The van der Waals surface area contributed by atoms with Gasteiger partial charge in [0, 0.05) is 17.7 Å². The molecular formula is C19H23N3O2. The molecule has 24 heavy (non-hydrogen) atoms. The van der Waals surface area contributed by atoms with Gasteiger partial charge in [-0.05, 0) is 37.1 Å². The maximum Gasteiger partial charge on any atom is 0.227 e. The molecule has 1 aromatic heterocycles. The van der Waals surface area contributed by atoms with E-state index in [0.29, 0.717) is 0 Å². The molecule has 1 aliphatic rings. The lowest BCUT2D eigenvalue weighted by molar-refractivity contribution is -0.120. The fraction of sp³-hybridized carbons (Fsp3) is 0.368. The lowest BCUT2D eigenvalue weighted by atomic mass is 9.88. The Balaban J connectivity index is 1.59. The van der Waals surface area contributed by atoms with Crippen LogP contribution in [0.4, 0.5) is 17.2 Å². The van der Waals surface area contributed by atoms with E-state index in [-0.39, 0.29) is 11.8 Å². The van der Waals surface area contributed by atoms with Crippen LogP contribution >= 0.6 is 0 Å². The Morgan fingerprint density at radius 2 is 1.96 bits per heavy atom. The number of nitrogens with one attached hydrogen (secondary N) is 2. The van der Waals surface area contributed by atoms with E-state index in [9.17, 15) is 4.79 Å². The van der Waals surface area contributed by atoms with Gasteiger partial charge < -0.3 is 15.4 Å². The fourth-order valence-corrected chi connectivity index (χ4v) is 3.00. The maximum absolute atomic E-state index is 12.2. The van der Waals surface area contributed by atoms with Crippen molar-refractivity contribution < 1.29 is 9.53 Å². The molecule has 126 valence electrons. The van der Waals surface area contributed by atoms with Crippen molar-refractivity contribution in [3.8, 4) is 5.75 Å². The average molecular weight is 325 g/mol. The van der Waals surface area contributed by atoms with Gasteiger partial charge in [0.25, 0.3) is 0 Å². The van der Waals surface area contributed by atoms with Gasteiger partial charge in [0.1, 0.15) is 11.6 Å². The molecule has 0 unspecified atom stereocenters. The minimum atomic E-state index is 0.116. The van der Waals surface area contributed by atoms with Crippen molar-refractivity contribution in [3.63, 3.8) is 0 Å². The average Bonchev–Trinajstić information content (AvgIpc) is 2.64. The van der Waals surface area contributed by atoms with Crippen LogP contribution in [0.1, 0.15) is 32.1 Å². The molecule has 0 aliphatic heterocycles. The van der Waals surface area contributed by atoms with E-state index < -0.39 is 0 Å². The summed E-state index contributed by atoms with van der Waals surface area (Å²) in [6.45, 7) is 0. The van der Waals surface area contributed by atoms with Gasteiger partial charge in [0.05, 0.1) is 19.0 Å². The number of amides is 1. The van der Waals surface area contributed by atoms with Crippen molar-refractivity contribution in [2.75, 3.05) is 17.7 Å². The first-order valence-electron chi connectivity index (χ1n) is 8.42. The minimum Gasteiger partial charge on any atom is -0.497 e. The molecule has 1 saturated carbocycles. The van der Waals surface area contributed by atoms with Crippen molar-refractivity contribution >= 4 is 23.1 Å². The van der Waals surface area contributed by atoms with Crippen molar-refractivity contribution in [1.82, 2.24) is 4.98 Å². The predicted molar refractivity (Wildman–Crippen MR) is 95.7 cm³/mol. The molecule has 0 saturated heterocycles. The summed E-state index contributed by atoms with van der Waals surface area (Å²) in [5.41, 5.74) is 1.64. The number of ether oxygens (including phenoxy) is 1. The maximum atomic E-state index is 12.2. The normalized spacial score (nSPS) is 14.9. The molecule has 1 aliphatic carbocycles. The quantitative estimate of drug-likeness (QED) is 0.857. The molecule has 0 bridgehead atoms. The van der Waals surface area contributed by atoms with Crippen LogP contribution < -0.4 is 15.4 Å². The number of anilines is 3. The number of aromatic nitrogens is 1. The van der Waals surface area contributed by atoms with Gasteiger partial charge in [0.15, 0.2) is 0 Å². The van der Waals surface area contributed by atoms with Crippen molar-refractivity contribution in [1.29, 1.82) is 0 Å². The number of hydrogen-bond acceptors (Lipinski definition) is 4. The lowest BCUT2D eigenvalue weighted by Gasteiger charge is -2.20. The molecule has 1 fully saturated rings. The summed E-state index contributed by atoms with van der Waals surface area (Å²) < 4.78 is 5.21. The third-order valence-corrected chi connectivity index (χ3v) is 4.35. The highest BCUT2D eigenvalue weighted by atomic mass is 16.5. The molecule has 1 amide bonds. The summed E-state index contributed by atoms with van der Waals surface area (Å²) in [6, 6.07) is 11.4. The van der Waals surface area contributed by atoms with E-state index in [1.807, 2.05) is 36.4 Å². The summed E-state index contributed by atoms with van der Waals surface area (Å²) in [5.74, 6) is 1.77. The van der Waals surface area contributed by atoms with Gasteiger partial charge in [-0.3, -0.25) is 4.79 Å². The zero-order valence-electron chi connectivity index (χ0n) is 13.9. The summed E-state index contributed by atoms with van der Waals surface area (Å²) in [7, 11) is 1.64. The third-order valence-electron chi connectivity index (χ3n) is 4.35. The van der Waals surface area contributed by atoms with E-state index in [1.165, 1.54) is 6.42 Å². The van der Waals surface area contributed by atoms with Crippen LogP contribution in [0, 0.1) is 5.92 Å². The summed E-state index contributed by atoms with van der Waals surface area (Å²) in [6.07, 6.45) is 7.22. The molecule has 0 radical (unpaired) electrons. The number of methoxy groups -OCH3 is 1. The molecule has 2 N–H and O–H groups in total. The molecular weight excluding hydrogens is 302 g/mol. The first-order valence-corrected chi connectivity index (χ1v) is 8.42. The van der Waals surface area contributed by atoms with Gasteiger partial charge in [-0.2, -0.15) is 0 Å². The summed E-state index contributed by atoms with van der Waals surface area (Å²) in [4.78, 5) is 16.6. The molecule has 2 aromatic rings. The van der Waals surface area contributed by atoms with Gasteiger partial charge in [-0.15, -0.1) is 0 Å². The van der Waals surface area contributed by atoms with Crippen LogP contribution in [0.15, 0.2) is 42.6 Å². The number of carbonyl (C=O) groups is 1. The lowest BCUT2D eigenvalue weighted by Crippen LogP contribution is -2.24. The molecule has 1 heterocycles. The van der Waals surface area contributed by atoms with E-state index in [1.54, 1.807) is 13.3 Å². The Kier molecular flexibility index (Phi) is 5.31. The van der Waals surface area contributed by atoms with Crippen LogP contribution in [0.2, 0.25) is 0 Å². The van der Waals surface area contributed by atoms with Crippen LogP contribution in [-0.4, -0.2) is 18.0 Å². The number of pyridine rings is 1. The SMILES string of the molecule is COc1cccc(Nc2ccc(NC(=O)C3CCCCC3)cn2)c1. The third kappa shape index (κ3) is 4.25. The van der Waals surface area contributed by atoms with Crippen molar-refractivity contribution in [2.24, 2.45) is 5.92 Å². The number of carbonyl (C=O) groups excluding carboxylic acids is 1. The Morgan fingerprint density at radius 3 is 2.67 bits per heavy atom. The topological polar surface area (TPSA) is 63.2 Å². The van der Waals surface area contributed by atoms with Gasteiger partial charge in [-0.25, -0.2) is 4.98 Å². The molecule has 3 rings (SSSR count). The van der Waals surface area contributed by atoms with Crippen molar-refractivity contribution in [3.05, 3.63) is 42.6 Å². The van der Waals surface area contributed by atoms with E-state index >= 15 is 0 Å². The van der Waals surface area contributed by atoms with Gasteiger partial charge >= 0.3 is 0 Å². The molecule has 5 heteroatoms. The molecule has 1 aromatic carbocycles. The zero-order chi connectivity index (χ0) is 16.8. The summed E-state index contributed by atoms with van der Waals surface area (Å²) >= 11 is 0. The largest absolute Gasteiger partial charge is 0.497 e. The standard InChI is InChI=1S/C19H23N3O2/c1-24-17-9-5-8-15(12-17)21-18-11-10-16(13-20-18)22-19(23)14-6-3-2-4-7-14/h5,8-14H,2-4,6-7H2,1H3,(H,20,21)(H,22,23). The van der Waals surface area contributed by atoms with E-state index in [4.69, 9.17) is 4.74 Å². The Bertz CT molecular complexity index is 679. The number of benzene rings is 1. The van der Waals surface area contributed by atoms with Crippen LogP contribution in [0.25, 0.3) is 0 Å². The van der Waals surface area contributed by atoms with Crippen LogP contribution in [-0.2, 0) is 4.79 Å². The number of nitrogens with zero attached hydrogens (tertiary/aromatic N) is 1. The number of hydrogen-bond donors (Lipinski definition) is 2. The van der Waals surface area contributed by atoms with Crippen LogP contribution in [0.3, 0.4) is 0 Å². The predicted octanol–water partition coefficient (Wildman–Crippen LogP) is 4.35. The second-order valence-corrected chi connectivity index (χ2v) is 6.11. The van der Waals surface area contributed by atoms with E-state index in [0.717, 1.165) is 48.6 Å². The number of rotatable bonds is 5. The fourth-order valence-electron chi connectivity index (χ4n) is 3.00. The summed E-state index contributed by atoms with van der Waals surface area (Å²) in [5, 5.41) is 6.19. The van der Waals surface area contributed by atoms with Gasteiger partial charge in [0.2, 0.25) is 5.91 Å². The first kappa shape index (κ1) is 16.3. The first-order chi connectivity index (χ1) is 11.7. The monoisotopic (exact) mass is 325 g/mol. The van der Waals surface area contributed by atoms with Gasteiger partial charge in [-0.1, -0.05) is 25.3 Å². The molecule has 0 spiro atoms. The smallest absolute Gasteiger partial charge is 0.227 e. The second-order valence-electron chi connectivity index (χ2n) is 6.11. The van der Waals surface area contributed by atoms with E-state index in [2.05, 4.69) is 15.6 Å². The second kappa shape index (κ2) is 7.81. The highest BCUT2D eigenvalue weighted by molar-refractivity contribution is 5.92. The Hall–Kier alpha value is -2.56. The highest BCUT2D eigenvalue weighted by Gasteiger charge is 2.20. The Labute approximate surface area is 142 Å². The molecule has 5 nitrogen and oxygen atoms in total.